The Kier molecular flexibility index (Phi) is 38.1. The fourth-order valence-corrected chi connectivity index (χ4v) is 7.93. The molecule has 0 aromatic heterocycles. The van der Waals surface area contributed by atoms with E-state index in [-0.39, 0.29) is 19.6 Å². The summed E-state index contributed by atoms with van der Waals surface area (Å²) in [6.45, 7) is 3.51. The van der Waals surface area contributed by atoms with Gasteiger partial charge in [-0.3, -0.25) is 4.79 Å². The van der Waals surface area contributed by atoms with Crippen molar-refractivity contribution in [1.82, 2.24) is 0 Å². The molecular formula is C55H94O14. The molecule has 11 atom stereocenters. The van der Waals surface area contributed by atoms with Crippen molar-refractivity contribution in [3.05, 3.63) is 72.9 Å². The molecule has 0 spiro atoms. The number of esters is 1. The van der Waals surface area contributed by atoms with Gasteiger partial charge in [-0.05, 0) is 64.2 Å². The van der Waals surface area contributed by atoms with Gasteiger partial charge in [0.1, 0.15) is 54.9 Å². The summed E-state index contributed by atoms with van der Waals surface area (Å²) in [6, 6.07) is 0. The first kappa shape index (κ1) is 62.5. The molecule has 14 nitrogen and oxygen atoms in total. The largest absolute Gasteiger partial charge is 0.457 e. The Balaban J connectivity index is 1.78. The van der Waals surface area contributed by atoms with Gasteiger partial charge in [0.2, 0.25) is 0 Å². The molecular weight excluding hydrogens is 885 g/mol. The van der Waals surface area contributed by atoms with Gasteiger partial charge in [-0.2, -0.15) is 0 Å². The lowest BCUT2D eigenvalue weighted by Gasteiger charge is -2.42. The van der Waals surface area contributed by atoms with Crippen molar-refractivity contribution in [3.63, 3.8) is 0 Å². The summed E-state index contributed by atoms with van der Waals surface area (Å²) in [6.07, 6.45) is 35.3. The highest BCUT2D eigenvalue weighted by molar-refractivity contribution is 5.69. The molecule has 2 aliphatic heterocycles. The normalized spacial score (nSPS) is 26.3. The number of carbonyl (C=O) groups excluding carboxylic acids is 1. The van der Waals surface area contributed by atoms with Crippen LogP contribution in [0.5, 0.6) is 0 Å². The molecule has 2 rings (SSSR count). The second-order valence-corrected chi connectivity index (χ2v) is 18.3. The topological polar surface area (TPSA) is 214 Å². The molecule has 0 bridgehead atoms. The van der Waals surface area contributed by atoms with Crippen LogP contribution in [0.25, 0.3) is 0 Å². The van der Waals surface area contributed by atoms with Gasteiger partial charge in [0, 0.05) is 13.0 Å². The van der Waals surface area contributed by atoms with Crippen molar-refractivity contribution in [3.8, 4) is 0 Å². The molecule has 0 radical (unpaired) electrons. The molecule has 11 unspecified atom stereocenters. The molecule has 7 N–H and O–H groups in total. The summed E-state index contributed by atoms with van der Waals surface area (Å²) < 4.78 is 34.2. The Bertz CT molecular complexity index is 1410. The summed E-state index contributed by atoms with van der Waals surface area (Å²) in [5.41, 5.74) is 0. The first-order chi connectivity index (χ1) is 33.6. The Morgan fingerprint density at radius 2 is 0.942 bits per heavy atom. The Hall–Kier alpha value is -2.57. The first-order valence-electron chi connectivity index (χ1n) is 26.5. The number of unbranched alkanes of at least 4 members (excludes halogenated alkanes) is 15. The van der Waals surface area contributed by atoms with Crippen LogP contribution in [0.3, 0.4) is 0 Å². The van der Waals surface area contributed by atoms with Crippen molar-refractivity contribution in [2.24, 2.45) is 0 Å². The highest BCUT2D eigenvalue weighted by Gasteiger charge is 2.47. The number of aliphatic hydroxyl groups is 7. The van der Waals surface area contributed by atoms with E-state index < -0.39 is 86.7 Å². The molecule has 0 amide bonds. The maximum absolute atomic E-state index is 13.0. The zero-order valence-electron chi connectivity index (χ0n) is 42.3. The van der Waals surface area contributed by atoms with Crippen LogP contribution in [0.2, 0.25) is 0 Å². The van der Waals surface area contributed by atoms with Crippen LogP contribution in [0.15, 0.2) is 72.9 Å². The van der Waals surface area contributed by atoms with E-state index in [1.165, 1.54) is 70.6 Å². The third-order valence-corrected chi connectivity index (χ3v) is 12.2. The van der Waals surface area contributed by atoms with E-state index >= 15 is 0 Å². The Labute approximate surface area is 415 Å². The van der Waals surface area contributed by atoms with E-state index in [9.17, 15) is 40.5 Å². The van der Waals surface area contributed by atoms with Crippen molar-refractivity contribution < 1.29 is 69.0 Å². The summed E-state index contributed by atoms with van der Waals surface area (Å²) in [7, 11) is 0. The lowest BCUT2D eigenvalue weighted by Crippen LogP contribution is -2.61. The molecule has 2 saturated heterocycles. The number of allylic oxidation sites excluding steroid dienone is 12. The van der Waals surface area contributed by atoms with Crippen molar-refractivity contribution in [1.29, 1.82) is 0 Å². The molecule has 398 valence electrons. The first-order valence-corrected chi connectivity index (χ1v) is 26.5. The van der Waals surface area contributed by atoms with Crippen LogP contribution in [-0.2, 0) is 33.2 Å². The molecule has 2 aliphatic rings. The molecule has 0 aliphatic carbocycles. The molecule has 2 fully saturated rings. The quantitative estimate of drug-likeness (QED) is 0.0175. The van der Waals surface area contributed by atoms with Crippen LogP contribution in [0.4, 0.5) is 0 Å². The fourth-order valence-electron chi connectivity index (χ4n) is 7.93. The second kappa shape index (κ2) is 42.0. The summed E-state index contributed by atoms with van der Waals surface area (Å²) in [4.78, 5) is 13.0. The van der Waals surface area contributed by atoms with Crippen molar-refractivity contribution >= 4 is 5.97 Å². The third-order valence-electron chi connectivity index (χ3n) is 12.2. The average molecular weight is 979 g/mol. The van der Waals surface area contributed by atoms with Gasteiger partial charge in [-0.25, -0.2) is 0 Å². The van der Waals surface area contributed by atoms with Crippen LogP contribution >= 0.6 is 0 Å². The van der Waals surface area contributed by atoms with E-state index in [1.807, 2.05) is 0 Å². The highest BCUT2D eigenvalue weighted by atomic mass is 16.7. The summed E-state index contributed by atoms with van der Waals surface area (Å²) >= 11 is 0. The zero-order chi connectivity index (χ0) is 50.2. The number of carbonyl (C=O) groups is 1. The molecule has 2 heterocycles. The smallest absolute Gasteiger partial charge is 0.306 e. The van der Waals surface area contributed by atoms with Gasteiger partial charge in [0.05, 0.1) is 26.4 Å². The van der Waals surface area contributed by atoms with Gasteiger partial charge >= 0.3 is 5.97 Å². The van der Waals surface area contributed by atoms with Gasteiger partial charge in [-0.15, -0.1) is 0 Å². The fraction of sp³-hybridized carbons (Fsp3) is 0.764. The van der Waals surface area contributed by atoms with Gasteiger partial charge in [0.15, 0.2) is 12.6 Å². The van der Waals surface area contributed by atoms with Crippen molar-refractivity contribution in [2.75, 3.05) is 33.0 Å². The van der Waals surface area contributed by atoms with Crippen molar-refractivity contribution in [2.45, 2.75) is 235 Å². The van der Waals surface area contributed by atoms with Gasteiger partial charge in [0.25, 0.3) is 0 Å². The van der Waals surface area contributed by atoms with E-state index in [1.54, 1.807) is 0 Å². The van der Waals surface area contributed by atoms with Crippen LogP contribution in [-0.4, -0.2) is 142 Å². The van der Waals surface area contributed by atoms with E-state index in [0.29, 0.717) is 13.0 Å². The maximum atomic E-state index is 13.0. The minimum atomic E-state index is -1.72. The zero-order valence-corrected chi connectivity index (χ0v) is 42.3. The van der Waals surface area contributed by atoms with E-state index in [0.717, 1.165) is 70.6 Å². The van der Waals surface area contributed by atoms with Crippen LogP contribution in [0, 0.1) is 0 Å². The number of hydrogen-bond acceptors (Lipinski definition) is 14. The summed E-state index contributed by atoms with van der Waals surface area (Å²) in [5, 5.41) is 72.2. The minimum Gasteiger partial charge on any atom is -0.457 e. The molecule has 0 saturated carbocycles. The Morgan fingerprint density at radius 3 is 1.45 bits per heavy atom. The Morgan fingerprint density at radius 1 is 0.493 bits per heavy atom. The number of ether oxygens (including phenoxy) is 6. The molecule has 69 heavy (non-hydrogen) atoms. The number of rotatable bonds is 41. The molecule has 0 aromatic carbocycles. The monoisotopic (exact) mass is 979 g/mol. The molecule has 14 heteroatoms. The predicted molar refractivity (Wildman–Crippen MR) is 270 cm³/mol. The van der Waals surface area contributed by atoms with E-state index in [4.69, 9.17) is 28.4 Å². The summed E-state index contributed by atoms with van der Waals surface area (Å²) in [5.74, 6) is -0.419. The maximum Gasteiger partial charge on any atom is 0.306 e. The van der Waals surface area contributed by atoms with Gasteiger partial charge < -0.3 is 64.2 Å². The molecule has 0 aromatic rings. The van der Waals surface area contributed by atoms with E-state index in [2.05, 4.69) is 86.8 Å². The lowest BCUT2D eigenvalue weighted by molar-refractivity contribution is -0.332. The predicted octanol–water partition coefficient (Wildman–Crippen LogP) is 8.29. The highest BCUT2D eigenvalue weighted by Crippen LogP contribution is 2.26. The minimum absolute atomic E-state index is 0.0420. The third kappa shape index (κ3) is 29.5. The van der Waals surface area contributed by atoms with Crippen LogP contribution in [0.1, 0.15) is 168 Å². The second-order valence-electron chi connectivity index (χ2n) is 18.3. The number of hydrogen-bond donors (Lipinski definition) is 7. The lowest BCUT2D eigenvalue weighted by atomic mass is 9.98. The number of aliphatic hydroxyl groups excluding tert-OH is 7. The standard InChI is InChI=1S/C55H94O14/c1-3-5-7-9-11-13-15-17-19-20-21-22-23-24-25-26-28-30-32-34-36-38-47(57)67-44(41-64-39-37-35-33-31-29-27-18-16-14-12-10-8-6-4-2)42-65-54-53(63)51(61)49(59)46(69-54)43-66-55-52(62)50(60)48(58)45(40-56)68-55/h5,7,11,13,17,19,21-22,24-25,28,30,44-46,48-56,58-63H,3-4,6,8-10,12,14-16,18,20,23,26-27,29,31-43H2,1-2H3/b7-5-,13-11-,19-17-,22-21-,25-24-,30-28-. The SMILES string of the molecule is CC/C=C\C/C=C\C/C=C\C/C=C\C/C=C\C/C=C\CCCCC(=O)OC(COCCCCCCCCCCCCCCCC)COC1OC(COC2OC(CO)C(O)C(O)C2O)C(O)C(O)C1O. The van der Waals surface area contributed by atoms with Gasteiger partial charge in [-0.1, -0.05) is 170 Å². The van der Waals surface area contributed by atoms with Crippen LogP contribution < -0.4 is 0 Å². The average Bonchev–Trinajstić information content (AvgIpc) is 3.35.